The number of hydrogen-bond donors (Lipinski definition) is 2. The molecule has 2 aliphatic rings. The fourth-order valence-electron chi connectivity index (χ4n) is 4.75. The van der Waals surface area contributed by atoms with Gasteiger partial charge in [-0.1, -0.05) is 5.16 Å². The second kappa shape index (κ2) is 10.7. The number of nitrogens with zero attached hydrogens (tertiary/aromatic N) is 6. The molecule has 2 aromatic heterocycles. The second-order valence-corrected chi connectivity index (χ2v) is 9.27. The van der Waals surface area contributed by atoms with Crippen LogP contribution in [0.3, 0.4) is 0 Å². The number of rotatable bonds is 8. The maximum absolute atomic E-state index is 14.2. The second-order valence-electron chi connectivity index (χ2n) is 9.27. The number of aromatic nitrogens is 4. The van der Waals surface area contributed by atoms with Crippen LogP contribution in [0.4, 0.5) is 20.7 Å². The fraction of sp³-hybridized carbons (Fsp3) is 0.500. The first kappa shape index (κ1) is 24.3. The lowest BCUT2D eigenvalue weighted by atomic mass is 9.94. The van der Waals surface area contributed by atoms with E-state index in [1.54, 1.807) is 12.4 Å². The van der Waals surface area contributed by atoms with Crippen molar-refractivity contribution in [3.8, 4) is 5.75 Å². The first-order chi connectivity index (χ1) is 17.5. The van der Waals surface area contributed by atoms with Gasteiger partial charge in [0.2, 0.25) is 5.95 Å². The van der Waals surface area contributed by atoms with E-state index in [1.807, 2.05) is 9.80 Å². The van der Waals surface area contributed by atoms with Gasteiger partial charge in [-0.2, -0.15) is 4.98 Å². The highest BCUT2D eigenvalue weighted by Gasteiger charge is 2.34. The van der Waals surface area contributed by atoms with Crippen LogP contribution < -0.4 is 20.3 Å². The minimum Gasteiger partial charge on any atom is -0.490 e. The summed E-state index contributed by atoms with van der Waals surface area (Å²) in [4.78, 5) is 17.1. The maximum Gasteiger partial charge on any atom is 0.324 e. The summed E-state index contributed by atoms with van der Waals surface area (Å²) in [6.45, 7) is 2.96. The Morgan fingerprint density at radius 1 is 1.11 bits per heavy atom. The van der Waals surface area contributed by atoms with Crippen molar-refractivity contribution < 1.29 is 23.1 Å². The molecule has 0 saturated carbocycles. The molecule has 3 aromatic rings. The Bertz CT molecular complexity index is 1150. The van der Waals surface area contributed by atoms with Crippen LogP contribution in [0.5, 0.6) is 5.75 Å². The zero-order valence-electron chi connectivity index (χ0n) is 19.8. The molecule has 12 heteroatoms. The Morgan fingerprint density at radius 2 is 1.89 bits per heavy atom. The number of piperidine rings is 1. The van der Waals surface area contributed by atoms with E-state index in [-0.39, 0.29) is 24.1 Å². The molecule has 0 radical (unpaired) electrons. The number of aliphatic hydroxyl groups is 1. The van der Waals surface area contributed by atoms with E-state index in [1.165, 1.54) is 6.07 Å². The van der Waals surface area contributed by atoms with Gasteiger partial charge < -0.3 is 29.9 Å². The topological polar surface area (TPSA) is 127 Å². The zero-order valence-corrected chi connectivity index (χ0v) is 19.8. The van der Waals surface area contributed by atoms with Crippen LogP contribution in [0, 0.1) is 17.6 Å². The van der Waals surface area contributed by atoms with Gasteiger partial charge in [0.25, 0.3) is 0 Å². The van der Waals surface area contributed by atoms with Gasteiger partial charge in [0, 0.05) is 44.6 Å². The van der Waals surface area contributed by atoms with Crippen LogP contribution >= 0.6 is 0 Å². The maximum atomic E-state index is 14.2. The van der Waals surface area contributed by atoms with Gasteiger partial charge in [-0.25, -0.2) is 18.7 Å². The molecule has 1 aromatic carbocycles. The lowest BCUT2D eigenvalue weighted by molar-refractivity contribution is 0.219. The average Bonchev–Trinajstić information content (AvgIpc) is 3.52. The first-order valence-electron chi connectivity index (χ1n) is 12.1. The molecule has 10 nitrogen and oxygen atoms in total. The number of halogens is 2. The molecule has 4 heterocycles. The lowest BCUT2D eigenvalue weighted by Gasteiger charge is -2.30. The number of anilines is 2. The third-order valence-corrected chi connectivity index (χ3v) is 6.78. The quantitative estimate of drug-likeness (QED) is 0.472. The molecule has 2 saturated heterocycles. The largest absolute Gasteiger partial charge is 0.490 e. The SMILES string of the molecule is N[C@H]1CN(c2ncc(OCC3CCN(c4nc(CCO)no4)CC3)cn2)C[C@@H]1c1cc(F)ccc1F. The molecule has 0 bridgehead atoms. The summed E-state index contributed by atoms with van der Waals surface area (Å²) in [6.07, 6.45) is 5.46. The molecular weight excluding hydrogens is 472 g/mol. The Hall–Kier alpha value is -3.38. The Balaban J connectivity index is 1.11. The minimum absolute atomic E-state index is 0.00986. The standard InChI is InChI=1S/C24H29F2N7O3/c25-16-1-2-20(26)18(9-16)19-12-33(13-21(19)27)23-28-10-17(11-29-23)35-14-15-3-6-32(7-4-15)24-30-22(5-8-34)31-36-24/h1-2,9-11,15,19,21,34H,3-8,12-14,27H2/t19-,21+/m1/s1. The third kappa shape index (κ3) is 5.39. The summed E-state index contributed by atoms with van der Waals surface area (Å²) in [5, 5.41) is 12.9. The Morgan fingerprint density at radius 3 is 2.64 bits per heavy atom. The zero-order chi connectivity index (χ0) is 25.1. The van der Waals surface area contributed by atoms with E-state index in [9.17, 15) is 8.78 Å². The normalized spacial score (nSPS) is 20.8. The highest BCUT2D eigenvalue weighted by molar-refractivity contribution is 5.39. The lowest BCUT2D eigenvalue weighted by Crippen LogP contribution is -2.35. The molecule has 2 aliphatic heterocycles. The van der Waals surface area contributed by atoms with E-state index in [4.69, 9.17) is 20.1 Å². The third-order valence-electron chi connectivity index (χ3n) is 6.78. The van der Waals surface area contributed by atoms with E-state index >= 15 is 0 Å². The summed E-state index contributed by atoms with van der Waals surface area (Å²) in [5.74, 6) is 0.640. The van der Waals surface area contributed by atoms with E-state index in [2.05, 4.69) is 20.1 Å². The Labute approximate surface area is 207 Å². The van der Waals surface area contributed by atoms with Crippen LogP contribution in [0.25, 0.3) is 0 Å². The molecule has 0 spiro atoms. The van der Waals surface area contributed by atoms with Gasteiger partial charge in [-0.05, 0) is 42.5 Å². The summed E-state index contributed by atoms with van der Waals surface area (Å²) in [5.41, 5.74) is 6.52. The van der Waals surface area contributed by atoms with Gasteiger partial charge in [0.05, 0.1) is 25.6 Å². The van der Waals surface area contributed by atoms with Crippen LogP contribution in [0.1, 0.15) is 30.1 Å². The highest BCUT2D eigenvalue weighted by atomic mass is 19.1. The van der Waals surface area contributed by atoms with Gasteiger partial charge >= 0.3 is 6.01 Å². The van der Waals surface area contributed by atoms with Crippen molar-refractivity contribution in [1.82, 2.24) is 20.1 Å². The van der Waals surface area contributed by atoms with Gasteiger partial charge in [-0.3, -0.25) is 0 Å². The molecule has 0 amide bonds. The van der Waals surface area contributed by atoms with Gasteiger partial charge in [0.1, 0.15) is 11.6 Å². The molecule has 36 heavy (non-hydrogen) atoms. The van der Waals surface area contributed by atoms with Crippen LogP contribution in [0.15, 0.2) is 35.1 Å². The number of benzene rings is 1. The monoisotopic (exact) mass is 501 g/mol. The summed E-state index contributed by atoms with van der Waals surface area (Å²) in [6, 6.07) is 3.58. The van der Waals surface area contributed by atoms with Crippen LogP contribution in [0.2, 0.25) is 0 Å². The van der Waals surface area contributed by atoms with Crippen molar-refractivity contribution >= 4 is 12.0 Å². The first-order valence-corrected chi connectivity index (χ1v) is 12.1. The number of aliphatic hydroxyl groups excluding tert-OH is 1. The van der Waals surface area contributed by atoms with Gasteiger partial charge in [-0.15, -0.1) is 0 Å². The minimum atomic E-state index is -0.484. The number of nitrogens with two attached hydrogens (primary N) is 1. The van der Waals surface area contributed by atoms with Crippen molar-refractivity contribution in [2.45, 2.75) is 31.2 Å². The van der Waals surface area contributed by atoms with Crippen molar-refractivity contribution in [1.29, 1.82) is 0 Å². The molecule has 0 aliphatic carbocycles. The van der Waals surface area contributed by atoms with Crippen molar-refractivity contribution in [2.24, 2.45) is 11.7 Å². The average molecular weight is 502 g/mol. The van der Waals surface area contributed by atoms with E-state index in [0.717, 1.165) is 38.1 Å². The van der Waals surface area contributed by atoms with Crippen molar-refractivity contribution in [3.05, 3.63) is 53.6 Å². The predicted octanol–water partition coefficient (Wildman–Crippen LogP) is 1.90. The summed E-state index contributed by atoms with van der Waals surface area (Å²) in [7, 11) is 0. The molecular formula is C24H29F2N7O3. The predicted molar refractivity (Wildman–Crippen MR) is 127 cm³/mol. The molecule has 2 fully saturated rings. The number of hydrogen-bond acceptors (Lipinski definition) is 10. The Kier molecular flexibility index (Phi) is 7.23. The van der Waals surface area contributed by atoms with Crippen LogP contribution in [-0.4, -0.2) is 70.6 Å². The van der Waals surface area contributed by atoms with Crippen molar-refractivity contribution in [3.63, 3.8) is 0 Å². The number of ether oxygens (including phenoxy) is 1. The fourth-order valence-corrected chi connectivity index (χ4v) is 4.75. The molecule has 192 valence electrons. The van der Waals surface area contributed by atoms with Crippen molar-refractivity contribution in [2.75, 3.05) is 49.2 Å². The summed E-state index contributed by atoms with van der Waals surface area (Å²) < 4.78 is 39.1. The smallest absolute Gasteiger partial charge is 0.324 e. The van der Waals surface area contributed by atoms with Crippen LogP contribution in [-0.2, 0) is 6.42 Å². The highest BCUT2D eigenvalue weighted by Crippen LogP contribution is 2.31. The summed E-state index contributed by atoms with van der Waals surface area (Å²) >= 11 is 0. The molecule has 2 atom stereocenters. The molecule has 0 unspecified atom stereocenters. The molecule has 3 N–H and O–H groups in total. The van der Waals surface area contributed by atoms with E-state index in [0.29, 0.717) is 55.6 Å². The van der Waals surface area contributed by atoms with E-state index < -0.39 is 11.6 Å². The van der Waals surface area contributed by atoms with Gasteiger partial charge in [0.15, 0.2) is 11.6 Å². The molecule has 5 rings (SSSR count).